The highest BCUT2D eigenvalue weighted by Gasteiger charge is 2.25. The van der Waals surface area contributed by atoms with Crippen molar-refractivity contribution < 1.29 is 18.7 Å². The zero-order valence-corrected chi connectivity index (χ0v) is 17.4. The van der Waals surface area contributed by atoms with E-state index in [2.05, 4.69) is 40.6 Å². The average Bonchev–Trinajstić information content (AvgIpc) is 2.92. The van der Waals surface area contributed by atoms with Crippen LogP contribution in [-0.4, -0.2) is 32.7 Å². The number of halogens is 2. The third kappa shape index (κ3) is 5.26. The molecule has 0 saturated carbocycles. The zero-order valence-electron chi connectivity index (χ0n) is 14.9. The number of methoxy groups -OCH3 is 1. The molecule has 1 N–H and O–H groups in total. The van der Waals surface area contributed by atoms with Crippen LogP contribution in [0.4, 0.5) is 4.39 Å². The number of carbonyl (C=O) groups excluding carboxylic acids is 1. The number of nitrogens with one attached hydrogen (secondary N) is 1. The van der Waals surface area contributed by atoms with Crippen LogP contribution < -0.4 is 0 Å². The number of ether oxygens (including phenoxy) is 2. The second-order valence-corrected chi connectivity index (χ2v) is 13.5. The molecule has 1 atom stereocenters. The Hall–Kier alpha value is -1.44. The summed E-state index contributed by atoms with van der Waals surface area (Å²) in [4.78, 5) is 14.8. The second-order valence-electron chi connectivity index (χ2n) is 7.04. The molecule has 0 spiro atoms. The van der Waals surface area contributed by atoms with Gasteiger partial charge in [-0.2, -0.15) is 0 Å². The molecule has 136 valence electrons. The Balaban J connectivity index is 2.32. The number of benzene rings is 1. The largest absolute Gasteiger partial charge is 0.464 e. The lowest BCUT2D eigenvalue weighted by molar-refractivity contribution is 0.0593. The van der Waals surface area contributed by atoms with Gasteiger partial charge in [-0.15, -0.1) is 0 Å². The van der Waals surface area contributed by atoms with Crippen LogP contribution in [0.1, 0.15) is 27.7 Å². The van der Waals surface area contributed by atoms with E-state index < -0.39 is 20.1 Å². The number of hydrogen-bond acceptors (Lipinski definition) is 3. The van der Waals surface area contributed by atoms with Crippen LogP contribution in [-0.2, 0) is 9.47 Å². The van der Waals surface area contributed by atoms with Crippen molar-refractivity contribution in [2.45, 2.75) is 31.8 Å². The first kappa shape index (κ1) is 19.9. The predicted octanol–water partition coefficient (Wildman–Crippen LogP) is 5.15. The summed E-state index contributed by atoms with van der Waals surface area (Å²) >= 11 is 3.46. The summed E-state index contributed by atoms with van der Waals surface area (Å²) in [7, 11) is 0.0850. The molecule has 7 heteroatoms. The molecule has 0 aliphatic heterocycles. The van der Waals surface area contributed by atoms with Crippen LogP contribution >= 0.6 is 15.9 Å². The lowest BCUT2D eigenvalue weighted by Gasteiger charge is -2.21. The Morgan fingerprint density at radius 1 is 1.28 bits per heavy atom. The summed E-state index contributed by atoms with van der Waals surface area (Å²) in [5, 5.41) is 0. The highest BCUT2D eigenvalue weighted by molar-refractivity contribution is 9.10. The normalized spacial score (nSPS) is 12.9. The Bertz CT molecular complexity index is 725. The molecule has 0 aliphatic carbocycles. The van der Waals surface area contributed by atoms with Gasteiger partial charge in [0.25, 0.3) is 0 Å². The molecule has 1 aromatic carbocycles. The topological polar surface area (TPSA) is 51.3 Å². The monoisotopic (exact) mass is 427 g/mol. The standard InChI is InChI=1S/C18H23BrFNO3Si/c1-23-18(22)16-15(19)14(11-21-16)17(24-9-10-25(2,3)4)12-5-7-13(20)8-6-12/h5-8,11,17,21H,9-10H2,1-4H3. The number of carbonyl (C=O) groups is 1. The van der Waals surface area contributed by atoms with Gasteiger partial charge in [0.05, 0.1) is 11.6 Å². The van der Waals surface area contributed by atoms with Crippen LogP contribution in [0.2, 0.25) is 25.7 Å². The van der Waals surface area contributed by atoms with Gasteiger partial charge in [0.15, 0.2) is 0 Å². The van der Waals surface area contributed by atoms with Gasteiger partial charge >= 0.3 is 5.97 Å². The Labute approximate surface area is 156 Å². The number of aromatic amines is 1. The summed E-state index contributed by atoms with van der Waals surface area (Å²) in [6.07, 6.45) is 1.32. The summed E-state index contributed by atoms with van der Waals surface area (Å²) in [5.74, 6) is -0.758. The van der Waals surface area contributed by atoms with Gasteiger partial charge in [0.2, 0.25) is 0 Å². The summed E-state index contributed by atoms with van der Waals surface area (Å²) in [6.45, 7) is 7.45. The van der Waals surface area contributed by atoms with Gasteiger partial charge in [-0.1, -0.05) is 31.8 Å². The lowest BCUT2D eigenvalue weighted by atomic mass is 10.0. The van der Waals surface area contributed by atoms with E-state index in [4.69, 9.17) is 9.47 Å². The highest BCUT2D eigenvalue weighted by Crippen LogP contribution is 2.34. The number of rotatable bonds is 7. The smallest absolute Gasteiger partial charge is 0.355 e. The molecule has 0 saturated heterocycles. The maximum Gasteiger partial charge on any atom is 0.355 e. The minimum atomic E-state index is -1.25. The van der Waals surface area contributed by atoms with E-state index in [-0.39, 0.29) is 5.82 Å². The van der Waals surface area contributed by atoms with Gasteiger partial charge in [-0.3, -0.25) is 0 Å². The number of hydrogen-bond donors (Lipinski definition) is 1. The molecular formula is C18H23BrFNO3Si. The van der Waals surface area contributed by atoms with Crippen molar-refractivity contribution in [2.24, 2.45) is 0 Å². The first-order valence-electron chi connectivity index (χ1n) is 8.05. The fraction of sp³-hybridized carbons (Fsp3) is 0.389. The summed E-state index contributed by atoms with van der Waals surface area (Å²) in [6, 6.07) is 7.23. The summed E-state index contributed by atoms with van der Waals surface area (Å²) < 4.78 is 24.8. The van der Waals surface area contributed by atoms with Crippen molar-refractivity contribution in [2.75, 3.05) is 13.7 Å². The molecule has 0 fully saturated rings. The van der Waals surface area contributed by atoms with E-state index in [9.17, 15) is 9.18 Å². The fourth-order valence-electron chi connectivity index (χ4n) is 2.35. The maximum absolute atomic E-state index is 13.3. The van der Waals surface area contributed by atoms with Crippen molar-refractivity contribution in [3.05, 3.63) is 57.6 Å². The van der Waals surface area contributed by atoms with Gasteiger partial charge < -0.3 is 14.5 Å². The van der Waals surface area contributed by atoms with Crippen LogP contribution in [0.15, 0.2) is 34.9 Å². The van der Waals surface area contributed by atoms with Crippen molar-refractivity contribution in [1.29, 1.82) is 0 Å². The molecular weight excluding hydrogens is 405 g/mol. The number of H-pyrrole nitrogens is 1. The van der Waals surface area contributed by atoms with Crippen LogP contribution in [0.25, 0.3) is 0 Å². The second kappa shape index (κ2) is 8.29. The zero-order chi connectivity index (χ0) is 18.6. The Morgan fingerprint density at radius 3 is 2.48 bits per heavy atom. The molecule has 0 bridgehead atoms. The van der Waals surface area contributed by atoms with E-state index in [1.165, 1.54) is 19.2 Å². The predicted molar refractivity (Wildman–Crippen MR) is 102 cm³/mol. The molecule has 0 radical (unpaired) electrons. The van der Waals surface area contributed by atoms with Gasteiger partial charge in [0, 0.05) is 26.4 Å². The van der Waals surface area contributed by atoms with E-state index in [1.54, 1.807) is 18.3 Å². The van der Waals surface area contributed by atoms with Crippen LogP contribution in [0, 0.1) is 5.82 Å². The van der Waals surface area contributed by atoms with Crippen LogP contribution in [0.3, 0.4) is 0 Å². The van der Waals surface area contributed by atoms with Crippen molar-refractivity contribution >= 4 is 30.0 Å². The van der Waals surface area contributed by atoms with Gasteiger partial charge in [-0.05, 0) is 39.7 Å². The first-order valence-corrected chi connectivity index (χ1v) is 12.5. The van der Waals surface area contributed by atoms with E-state index in [1.807, 2.05) is 0 Å². The quantitative estimate of drug-likeness (QED) is 0.490. The first-order chi connectivity index (χ1) is 11.7. The SMILES string of the molecule is COC(=O)c1[nH]cc(C(OCC[Si](C)(C)C)c2ccc(F)cc2)c1Br. The van der Waals surface area contributed by atoms with Crippen LogP contribution in [0.5, 0.6) is 0 Å². The third-order valence-electron chi connectivity index (χ3n) is 3.83. The Kier molecular flexibility index (Phi) is 6.59. The molecule has 1 unspecified atom stereocenters. The Morgan fingerprint density at radius 2 is 1.92 bits per heavy atom. The lowest BCUT2D eigenvalue weighted by Crippen LogP contribution is -2.22. The summed E-state index contributed by atoms with van der Waals surface area (Å²) in [5.41, 5.74) is 1.94. The molecule has 4 nitrogen and oxygen atoms in total. The van der Waals surface area contributed by atoms with E-state index in [0.29, 0.717) is 16.8 Å². The molecule has 2 aromatic rings. The maximum atomic E-state index is 13.3. The van der Waals surface area contributed by atoms with E-state index >= 15 is 0 Å². The number of esters is 1. The average molecular weight is 428 g/mol. The molecule has 0 aliphatic rings. The van der Waals surface area contributed by atoms with Crippen molar-refractivity contribution in [3.63, 3.8) is 0 Å². The van der Waals surface area contributed by atoms with E-state index in [0.717, 1.165) is 17.2 Å². The number of aromatic nitrogens is 1. The van der Waals surface area contributed by atoms with Crippen molar-refractivity contribution in [3.8, 4) is 0 Å². The van der Waals surface area contributed by atoms with Gasteiger partial charge in [-0.25, -0.2) is 9.18 Å². The molecule has 1 aromatic heterocycles. The fourth-order valence-corrected chi connectivity index (χ4v) is 3.68. The molecule has 0 amide bonds. The molecule has 2 rings (SSSR count). The molecule has 1 heterocycles. The third-order valence-corrected chi connectivity index (χ3v) is 6.38. The van der Waals surface area contributed by atoms with Gasteiger partial charge in [0.1, 0.15) is 17.6 Å². The highest BCUT2D eigenvalue weighted by atomic mass is 79.9. The van der Waals surface area contributed by atoms with Crippen molar-refractivity contribution in [1.82, 2.24) is 4.98 Å². The minimum Gasteiger partial charge on any atom is -0.464 e. The molecule has 25 heavy (non-hydrogen) atoms. The minimum absolute atomic E-state index is 0.298.